The maximum atomic E-state index is 4.79. The van der Waals surface area contributed by atoms with Gasteiger partial charge in [0.15, 0.2) is 5.96 Å². The summed E-state index contributed by atoms with van der Waals surface area (Å²) in [6, 6.07) is 8.46. The third-order valence-corrected chi connectivity index (χ3v) is 4.79. The Labute approximate surface area is 164 Å². The summed E-state index contributed by atoms with van der Waals surface area (Å²) < 4.78 is 3.17. The summed E-state index contributed by atoms with van der Waals surface area (Å²) in [5.74, 6) is 1.84. The number of nitrogens with zero attached hydrogens (tertiary/aromatic N) is 4. The summed E-state index contributed by atoms with van der Waals surface area (Å²) in [6.07, 6.45) is 2.66. The average Bonchev–Trinajstić information content (AvgIpc) is 3.07. The van der Waals surface area contributed by atoms with E-state index in [1.807, 2.05) is 0 Å². The highest BCUT2D eigenvalue weighted by atomic mass is 79.9. The van der Waals surface area contributed by atoms with Crippen LogP contribution in [0.4, 0.5) is 0 Å². The third kappa shape index (κ3) is 5.83. The van der Waals surface area contributed by atoms with Crippen LogP contribution in [0.3, 0.4) is 0 Å². The van der Waals surface area contributed by atoms with E-state index in [0.717, 1.165) is 42.3 Å². The Morgan fingerprint density at radius 3 is 2.58 bits per heavy atom. The van der Waals surface area contributed by atoms with Crippen LogP contribution in [-0.2, 0) is 18.4 Å². The van der Waals surface area contributed by atoms with E-state index < -0.39 is 0 Å². The van der Waals surface area contributed by atoms with Crippen LogP contribution >= 0.6 is 15.9 Å². The predicted octanol–water partition coefficient (Wildman–Crippen LogP) is 3.14. The monoisotopic (exact) mass is 420 g/mol. The first-order valence-corrected chi connectivity index (χ1v) is 9.90. The van der Waals surface area contributed by atoms with Crippen molar-refractivity contribution in [2.45, 2.75) is 46.1 Å². The average molecular weight is 421 g/mol. The molecule has 0 aliphatic heterocycles. The molecule has 0 aliphatic rings. The zero-order chi connectivity index (χ0) is 19.0. The third-order valence-electron chi connectivity index (χ3n) is 4.26. The molecule has 2 rings (SSSR count). The Morgan fingerprint density at radius 2 is 1.92 bits per heavy atom. The van der Waals surface area contributed by atoms with Gasteiger partial charge >= 0.3 is 0 Å². The van der Waals surface area contributed by atoms with Gasteiger partial charge in [-0.2, -0.15) is 0 Å². The molecule has 0 spiro atoms. The topological polar surface area (TPSA) is 67.1 Å². The fraction of sp³-hybridized carbons (Fsp3) is 0.526. The quantitative estimate of drug-likeness (QED) is 0.508. The van der Waals surface area contributed by atoms with Crippen molar-refractivity contribution in [3.8, 4) is 0 Å². The van der Waals surface area contributed by atoms with Crippen molar-refractivity contribution in [2.24, 2.45) is 4.99 Å². The number of hydrogen-bond donors (Lipinski definition) is 2. The molecule has 142 valence electrons. The van der Waals surface area contributed by atoms with Gasteiger partial charge in [0.2, 0.25) is 0 Å². The maximum absolute atomic E-state index is 4.79. The molecule has 0 unspecified atom stereocenters. The van der Waals surface area contributed by atoms with E-state index in [1.54, 1.807) is 6.33 Å². The van der Waals surface area contributed by atoms with E-state index in [4.69, 9.17) is 4.99 Å². The minimum absolute atomic E-state index is 0.0350. The number of aryl methyl sites for hydroxylation is 1. The first-order chi connectivity index (χ1) is 12.5. The molecule has 7 heteroatoms. The molecule has 0 saturated carbocycles. The lowest BCUT2D eigenvalue weighted by Gasteiger charge is -2.24. The highest BCUT2D eigenvalue weighted by molar-refractivity contribution is 9.10. The molecular formula is C19H29BrN6. The van der Waals surface area contributed by atoms with Gasteiger partial charge in [0.05, 0.1) is 6.54 Å². The fourth-order valence-corrected chi connectivity index (χ4v) is 2.91. The molecule has 1 aromatic carbocycles. The van der Waals surface area contributed by atoms with Crippen LogP contribution in [0.15, 0.2) is 40.1 Å². The summed E-state index contributed by atoms with van der Waals surface area (Å²) >= 11 is 3.49. The lowest BCUT2D eigenvalue weighted by molar-refractivity contribution is 0.536. The maximum Gasteiger partial charge on any atom is 0.191 e. The Bertz CT molecular complexity index is 705. The lowest BCUT2D eigenvalue weighted by atomic mass is 9.85. The van der Waals surface area contributed by atoms with Crippen molar-refractivity contribution in [1.29, 1.82) is 0 Å². The minimum atomic E-state index is -0.0350. The van der Waals surface area contributed by atoms with Crippen molar-refractivity contribution >= 4 is 21.9 Å². The van der Waals surface area contributed by atoms with E-state index in [0.29, 0.717) is 6.54 Å². The normalized spacial score (nSPS) is 12.3. The molecule has 0 fully saturated rings. The second-order valence-corrected chi connectivity index (χ2v) is 7.72. The molecule has 0 bridgehead atoms. The summed E-state index contributed by atoms with van der Waals surface area (Å²) in [5.41, 5.74) is 1.24. The number of aromatic nitrogens is 3. The van der Waals surface area contributed by atoms with Crippen molar-refractivity contribution < 1.29 is 0 Å². The van der Waals surface area contributed by atoms with E-state index in [-0.39, 0.29) is 5.41 Å². The van der Waals surface area contributed by atoms with Gasteiger partial charge < -0.3 is 15.2 Å². The molecule has 1 aromatic heterocycles. The van der Waals surface area contributed by atoms with E-state index in [2.05, 4.69) is 93.3 Å². The van der Waals surface area contributed by atoms with Gasteiger partial charge in [-0.25, -0.2) is 0 Å². The molecular weight excluding hydrogens is 392 g/mol. The van der Waals surface area contributed by atoms with Crippen molar-refractivity contribution in [2.75, 3.05) is 19.6 Å². The van der Waals surface area contributed by atoms with Gasteiger partial charge in [0.25, 0.3) is 0 Å². The highest BCUT2D eigenvalue weighted by Gasteiger charge is 2.20. The van der Waals surface area contributed by atoms with Crippen molar-refractivity contribution in [1.82, 2.24) is 25.4 Å². The number of benzene rings is 1. The van der Waals surface area contributed by atoms with Gasteiger partial charge in [-0.15, -0.1) is 10.2 Å². The summed E-state index contributed by atoms with van der Waals surface area (Å²) in [5, 5.41) is 14.8. The molecule has 0 atom stereocenters. The number of hydrogen-bond acceptors (Lipinski definition) is 3. The number of guanidine groups is 1. The Morgan fingerprint density at radius 1 is 1.19 bits per heavy atom. The summed E-state index contributed by atoms with van der Waals surface area (Å²) in [7, 11) is 0. The van der Waals surface area contributed by atoms with Gasteiger partial charge in [0.1, 0.15) is 12.2 Å². The largest absolute Gasteiger partial charge is 0.357 e. The zero-order valence-corrected chi connectivity index (χ0v) is 17.7. The number of halogens is 1. The second-order valence-electron chi connectivity index (χ2n) is 6.81. The van der Waals surface area contributed by atoms with E-state index in [9.17, 15) is 0 Å². The van der Waals surface area contributed by atoms with Gasteiger partial charge in [-0.05, 0) is 24.6 Å². The van der Waals surface area contributed by atoms with Crippen LogP contribution in [0.2, 0.25) is 0 Å². The molecule has 2 N–H and O–H groups in total. The van der Waals surface area contributed by atoms with E-state index >= 15 is 0 Å². The second kappa shape index (κ2) is 9.71. The molecule has 1 heterocycles. The summed E-state index contributed by atoms with van der Waals surface area (Å²) in [6.45, 7) is 11.7. The lowest BCUT2D eigenvalue weighted by Crippen LogP contribution is -2.40. The van der Waals surface area contributed by atoms with Crippen LogP contribution in [0.5, 0.6) is 0 Å². The SMILES string of the molecule is CCNC(=NCC(C)(C)c1ccc(Br)cc1)NCCn1cnnc1CC. The first kappa shape index (κ1) is 20.4. The standard InChI is InChI=1S/C19H29BrN6/c1-5-17-25-24-14-26(17)12-11-22-18(21-6-2)23-13-19(3,4)15-7-9-16(20)10-8-15/h7-10,14H,5-6,11-13H2,1-4H3,(H2,21,22,23). The fourth-order valence-electron chi connectivity index (χ4n) is 2.65. The molecule has 26 heavy (non-hydrogen) atoms. The molecule has 0 saturated heterocycles. The van der Waals surface area contributed by atoms with Crippen molar-refractivity contribution in [3.05, 3.63) is 46.5 Å². The molecule has 0 amide bonds. The van der Waals surface area contributed by atoms with Gasteiger partial charge in [-0.3, -0.25) is 4.99 Å². The number of aliphatic imine (C=N–C) groups is 1. The number of rotatable bonds is 8. The van der Waals surface area contributed by atoms with Crippen LogP contribution < -0.4 is 10.6 Å². The minimum Gasteiger partial charge on any atom is -0.357 e. The molecule has 2 aromatic rings. The van der Waals surface area contributed by atoms with Crippen LogP contribution in [0, 0.1) is 0 Å². The summed E-state index contributed by atoms with van der Waals surface area (Å²) in [4.78, 5) is 4.79. The van der Waals surface area contributed by atoms with Crippen LogP contribution in [0.1, 0.15) is 39.1 Å². The molecule has 0 radical (unpaired) electrons. The number of nitrogens with one attached hydrogen (secondary N) is 2. The van der Waals surface area contributed by atoms with Gasteiger partial charge in [0, 0.05) is 35.9 Å². The Balaban J connectivity index is 1.95. The Kier molecular flexibility index (Phi) is 7.63. The van der Waals surface area contributed by atoms with Crippen molar-refractivity contribution in [3.63, 3.8) is 0 Å². The smallest absolute Gasteiger partial charge is 0.191 e. The predicted molar refractivity (Wildman–Crippen MR) is 111 cm³/mol. The molecule has 0 aliphatic carbocycles. The first-order valence-electron chi connectivity index (χ1n) is 9.11. The van der Waals surface area contributed by atoms with E-state index in [1.165, 1.54) is 5.56 Å². The van der Waals surface area contributed by atoms with Crippen LogP contribution in [-0.4, -0.2) is 40.4 Å². The zero-order valence-electron chi connectivity index (χ0n) is 16.1. The highest BCUT2D eigenvalue weighted by Crippen LogP contribution is 2.25. The molecule has 6 nitrogen and oxygen atoms in total. The van der Waals surface area contributed by atoms with Crippen LogP contribution in [0.25, 0.3) is 0 Å². The van der Waals surface area contributed by atoms with Gasteiger partial charge in [-0.1, -0.05) is 48.8 Å². The Hall–Kier alpha value is -1.89.